The molecule has 144 valence electrons. The van der Waals surface area contributed by atoms with Gasteiger partial charge in [0.1, 0.15) is 17.4 Å². The zero-order chi connectivity index (χ0) is 20.6. The first-order chi connectivity index (χ1) is 13.3. The molecular formula is C21H17F2NO4. The van der Waals surface area contributed by atoms with Crippen LogP contribution in [0, 0.1) is 18.6 Å². The number of phenolic OH excluding ortho intramolecular Hbond substituents is 1. The first kappa shape index (κ1) is 19.3. The lowest BCUT2D eigenvalue weighted by atomic mass is 9.93. The quantitative estimate of drug-likeness (QED) is 0.544. The number of halogens is 2. The van der Waals surface area contributed by atoms with E-state index >= 15 is 0 Å². The Hall–Kier alpha value is -3.48. The Bertz CT molecular complexity index is 1080. The highest BCUT2D eigenvalue weighted by Crippen LogP contribution is 2.36. The second-order valence-corrected chi connectivity index (χ2v) is 6.27. The van der Waals surface area contributed by atoms with Gasteiger partial charge in [0.15, 0.2) is 0 Å². The number of hydrogen-bond acceptors (Lipinski definition) is 4. The first-order valence-electron chi connectivity index (χ1n) is 8.32. The van der Waals surface area contributed by atoms with E-state index in [1.165, 1.54) is 49.0 Å². The lowest BCUT2D eigenvalue weighted by Gasteiger charge is -2.13. The van der Waals surface area contributed by atoms with Crippen molar-refractivity contribution in [3.05, 3.63) is 76.6 Å². The number of rotatable bonds is 4. The molecule has 0 aliphatic heterocycles. The topological polar surface area (TPSA) is 68.5 Å². The molecule has 5 nitrogen and oxygen atoms in total. The molecule has 1 N–H and O–H groups in total. The van der Waals surface area contributed by atoms with E-state index in [1.54, 1.807) is 0 Å². The molecule has 0 aliphatic rings. The number of carbonyl (C=O) groups excluding carboxylic acids is 2. The highest BCUT2D eigenvalue weighted by Gasteiger charge is 2.29. The second-order valence-electron chi connectivity index (χ2n) is 6.27. The number of phenols is 1. The molecule has 0 fully saturated rings. The monoisotopic (exact) mass is 385 g/mol. The standard InChI is InChI=1S/C21H17F2NO4/c1-11-15(22)8-9-16(23)17(11)18-14(21(27)28-3)10-24(2)19(18)20(26)12-4-6-13(25)7-5-12/h4-10,25H,1-3H3. The van der Waals surface area contributed by atoms with Gasteiger partial charge < -0.3 is 14.4 Å². The third-order valence-electron chi connectivity index (χ3n) is 4.53. The molecule has 1 heterocycles. The third-order valence-corrected chi connectivity index (χ3v) is 4.53. The van der Waals surface area contributed by atoms with Crippen molar-refractivity contribution in [2.75, 3.05) is 7.11 Å². The van der Waals surface area contributed by atoms with E-state index in [0.717, 1.165) is 19.2 Å². The Kier molecular flexibility index (Phi) is 5.00. The van der Waals surface area contributed by atoms with Crippen molar-refractivity contribution in [3.8, 4) is 16.9 Å². The van der Waals surface area contributed by atoms with Crippen LogP contribution >= 0.6 is 0 Å². The van der Waals surface area contributed by atoms with Gasteiger partial charge in [-0.2, -0.15) is 0 Å². The fourth-order valence-electron chi connectivity index (χ4n) is 3.13. The highest BCUT2D eigenvalue weighted by atomic mass is 19.1. The minimum atomic E-state index is -0.779. The summed E-state index contributed by atoms with van der Waals surface area (Å²) in [7, 11) is 2.69. The Morgan fingerprint density at radius 1 is 1.00 bits per heavy atom. The summed E-state index contributed by atoms with van der Waals surface area (Å²) in [6, 6.07) is 7.41. The number of benzene rings is 2. The van der Waals surface area contributed by atoms with E-state index in [1.807, 2.05) is 0 Å². The zero-order valence-electron chi connectivity index (χ0n) is 15.4. The van der Waals surface area contributed by atoms with Crippen LogP contribution in [0.3, 0.4) is 0 Å². The number of hydrogen-bond donors (Lipinski definition) is 1. The minimum absolute atomic E-state index is 0.00121. The average molecular weight is 385 g/mol. The molecule has 0 saturated carbocycles. The minimum Gasteiger partial charge on any atom is -0.508 e. The van der Waals surface area contributed by atoms with Crippen LogP contribution in [-0.2, 0) is 11.8 Å². The lowest BCUT2D eigenvalue weighted by molar-refractivity contribution is 0.0601. The summed E-state index contributed by atoms with van der Waals surface area (Å²) >= 11 is 0. The van der Waals surface area contributed by atoms with Gasteiger partial charge in [-0.3, -0.25) is 4.79 Å². The highest BCUT2D eigenvalue weighted by molar-refractivity contribution is 6.15. The average Bonchev–Trinajstić information content (AvgIpc) is 3.01. The van der Waals surface area contributed by atoms with Crippen LogP contribution in [0.15, 0.2) is 42.6 Å². The molecular weight excluding hydrogens is 368 g/mol. The summed E-state index contributed by atoms with van der Waals surface area (Å²) < 4.78 is 35.0. The van der Waals surface area contributed by atoms with Crippen LogP contribution in [0.25, 0.3) is 11.1 Å². The van der Waals surface area contributed by atoms with E-state index in [-0.39, 0.29) is 39.3 Å². The van der Waals surface area contributed by atoms with E-state index in [4.69, 9.17) is 4.74 Å². The molecule has 28 heavy (non-hydrogen) atoms. The molecule has 0 spiro atoms. The Labute approximate surface area is 159 Å². The summed E-state index contributed by atoms with van der Waals surface area (Å²) in [5.74, 6) is -2.76. The van der Waals surface area contributed by atoms with Crippen molar-refractivity contribution in [1.82, 2.24) is 4.57 Å². The molecule has 0 saturated heterocycles. The van der Waals surface area contributed by atoms with Crippen molar-refractivity contribution in [2.45, 2.75) is 6.92 Å². The van der Waals surface area contributed by atoms with Crippen LogP contribution in [-0.4, -0.2) is 28.5 Å². The van der Waals surface area contributed by atoms with Gasteiger partial charge in [-0.05, 0) is 48.9 Å². The number of ether oxygens (including phenoxy) is 1. The molecule has 0 radical (unpaired) electrons. The van der Waals surface area contributed by atoms with Gasteiger partial charge in [0, 0.05) is 29.9 Å². The molecule has 0 aliphatic carbocycles. The van der Waals surface area contributed by atoms with E-state index in [2.05, 4.69) is 0 Å². The fourth-order valence-corrected chi connectivity index (χ4v) is 3.13. The Morgan fingerprint density at radius 2 is 1.61 bits per heavy atom. The number of methoxy groups -OCH3 is 1. The number of aromatic hydroxyl groups is 1. The summed E-state index contributed by atoms with van der Waals surface area (Å²) in [5, 5.41) is 9.44. The molecule has 3 rings (SSSR count). The Balaban J connectivity index is 2.35. The number of ketones is 1. The van der Waals surface area contributed by atoms with Gasteiger partial charge in [0.2, 0.25) is 5.78 Å². The number of aryl methyl sites for hydroxylation is 1. The molecule has 0 unspecified atom stereocenters. The van der Waals surface area contributed by atoms with Crippen molar-refractivity contribution >= 4 is 11.8 Å². The first-order valence-corrected chi connectivity index (χ1v) is 8.32. The fraction of sp³-hybridized carbons (Fsp3) is 0.143. The predicted molar refractivity (Wildman–Crippen MR) is 98.4 cm³/mol. The molecule has 0 bridgehead atoms. The maximum absolute atomic E-state index is 14.7. The summed E-state index contributed by atoms with van der Waals surface area (Å²) in [4.78, 5) is 25.4. The largest absolute Gasteiger partial charge is 0.508 e. The zero-order valence-corrected chi connectivity index (χ0v) is 15.4. The van der Waals surface area contributed by atoms with E-state index < -0.39 is 23.4 Å². The van der Waals surface area contributed by atoms with Gasteiger partial charge in [0.05, 0.1) is 18.4 Å². The SMILES string of the molecule is COC(=O)c1cn(C)c(C(=O)c2ccc(O)cc2)c1-c1c(F)ccc(F)c1C. The van der Waals surface area contributed by atoms with Crippen LogP contribution < -0.4 is 0 Å². The number of aromatic nitrogens is 1. The summed E-state index contributed by atoms with van der Waals surface area (Å²) in [6.07, 6.45) is 1.35. The third kappa shape index (κ3) is 3.15. The number of nitrogens with zero attached hydrogens (tertiary/aromatic N) is 1. The van der Waals surface area contributed by atoms with Gasteiger partial charge in [-0.15, -0.1) is 0 Å². The van der Waals surface area contributed by atoms with Gasteiger partial charge in [-0.25, -0.2) is 13.6 Å². The van der Waals surface area contributed by atoms with Crippen LogP contribution in [0.1, 0.15) is 32.0 Å². The van der Waals surface area contributed by atoms with Crippen molar-refractivity contribution in [3.63, 3.8) is 0 Å². The van der Waals surface area contributed by atoms with Crippen LogP contribution in [0.2, 0.25) is 0 Å². The molecule has 2 aromatic carbocycles. The summed E-state index contributed by atoms with van der Waals surface area (Å²) in [5.41, 5.74) is -0.0919. The molecule has 0 atom stereocenters. The normalized spacial score (nSPS) is 10.8. The number of carbonyl (C=O) groups is 2. The predicted octanol–water partition coefficient (Wildman–Crippen LogP) is 4.00. The number of esters is 1. The Morgan fingerprint density at radius 3 is 2.21 bits per heavy atom. The van der Waals surface area contributed by atoms with Gasteiger partial charge in [0.25, 0.3) is 0 Å². The van der Waals surface area contributed by atoms with E-state index in [9.17, 15) is 23.5 Å². The van der Waals surface area contributed by atoms with Crippen LogP contribution in [0.5, 0.6) is 5.75 Å². The molecule has 7 heteroatoms. The smallest absolute Gasteiger partial charge is 0.340 e. The second kappa shape index (κ2) is 7.26. The van der Waals surface area contributed by atoms with Crippen molar-refractivity contribution < 1.29 is 28.2 Å². The van der Waals surface area contributed by atoms with Gasteiger partial charge in [-0.1, -0.05) is 0 Å². The maximum atomic E-state index is 14.7. The summed E-state index contributed by atoms with van der Waals surface area (Å²) in [6.45, 7) is 1.37. The van der Waals surface area contributed by atoms with Crippen LogP contribution in [0.4, 0.5) is 8.78 Å². The molecule has 3 aromatic rings. The van der Waals surface area contributed by atoms with Crippen molar-refractivity contribution in [1.29, 1.82) is 0 Å². The van der Waals surface area contributed by atoms with E-state index in [0.29, 0.717) is 0 Å². The maximum Gasteiger partial charge on any atom is 0.340 e. The molecule has 1 aromatic heterocycles. The van der Waals surface area contributed by atoms with Gasteiger partial charge >= 0.3 is 5.97 Å². The van der Waals surface area contributed by atoms with Crippen molar-refractivity contribution in [2.24, 2.45) is 7.05 Å². The lowest BCUT2D eigenvalue weighted by Crippen LogP contribution is -2.10. The molecule has 0 amide bonds.